The maximum Gasteiger partial charge on any atom is 0.245 e. The number of benzene rings is 1. The SMILES string of the molecule is O=S(=O)(c1cccc2c1N=S=N2)N1CCCC(Br)C1. The molecule has 102 valence electrons. The van der Waals surface area contributed by atoms with E-state index in [1.54, 1.807) is 18.2 Å². The molecule has 8 heteroatoms. The largest absolute Gasteiger partial charge is 0.245 e. The molecule has 0 amide bonds. The fraction of sp³-hybridized carbons (Fsp3) is 0.455. The molecule has 1 fully saturated rings. The fourth-order valence-electron chi connectivity index (χ4n) is 2.24. The van der Waals surface area contributed by atoms with Gasteiger partial charge in [-0.25, -0.2) is 8.42 Å². The van der Waals surface area contributed by atoms with Gasteiger partial charge in [0.25, 0.3) is 0 Å². The minimum absolute atomic E-state index is 0.226. The molecule has 0 bridgehead atoms. The molecule has 1 aromatic carbocycles. The van der Waals surface area contributed by atoms with Gasteiger partial charge in [-0.15, -0.1) is 0 Å². The van der Waals surface area contributed by atoms with Gasteiger partial charge in [-0.1, -0.05) is 22.0 Å². The van der Waals surface area contributed by atoms with Gasteiger partial charge in [-0.3, -0.25) is 0 Å². The summed E-state index contributed by atoms with van der Waals surface area (Å²) in [5.41, 5.74) is 1.11. The maximum atomic E-state index is 12.7. The molecule has 0 saturated carbocycles. The van der Waals surface area contributed by atoms with Gasteiger partial charge in [-0.2, -0.15) is 13.0 Å². The monoisotopic (exact) mass is 361 g/mol. The highest BCUT2D eigenvalue weighted by molar-refractivity contribution is 9.09. The summed E-state index contributed by atoms with van der Waals surface area (Å²) in [5, 5.41) is 0. The van der Waals surface area contributed by atoms with Crippen LogP contribution in [0.5, 0.6) is 0 Å². The summed E-state index contributed by atoms with van der Waals surface area (Å²) < 4.78 is 35.1. The highest BCUT2D eigenvalue weighted by Gasteiger charge is 2.32. The fourth-order valence-corrected chi connectivity index (χ4v) is 5.38. The smallest absolute Gasteiger partial charge is 0.207 e. The molecule has 2 heterocycles. The van der Waals surface area contributed by atoms with Crippen LogP contribution in [0.3, 0.4) is 0 Å². The molecule has 2 aliphatic heterocycles. The predicted octanol–water partition coefficient (Wildman–Crippen LogP) is 2.96. The van der Waals surface area contributed by atoms with Crippen LogP contribution in [0.1, 0.15) is 12.8 Å². The number of piperidine rings is 1. The van der Waals surface area contributed by atoms with Gasteiger partial charge < -0.3 is 0 Å². The zero-order valence-electron chi connectivity index (χ0n) is 9.99. The molecule has 2 aliphatic rings. The quantitative estimate of drug-likeness (QED) is 0.771. The lowest BCUT2D eigenvalue weighted by atomic mass is 10.2. The summed E-state index contributed by atoms with van der Waals surface area (Å²) in [7, 11) is -3.48. The summed E-state index contributed by atoms with van der Waals surface area (Å²) in [6.45, 7) is 1.08. The number of halogens is 1. The molecule has 5 nitrogen and oxygen atoms in total. The summed E-state index contributed by atoms with van der Waals surface area (Å²) >= 11 is 4.54. The van der Waals surface area contributed by atoms with E-state index in [1.807, 2.05) is 0 Å². The molecule has 0 aromatic heterocycles. The van der Waals surface area contributed by atoms with Crippen LogP contribution in [-0.2, 0) is 21.4 Å². The van der Waals surface area contributed by atoms with Crippen LogP contribution in [0.2, 0.25) is 0 Å². The number of fused-ring (bicyclic) bond motifs is 1. The van der Waals surface area contributed by atoms with Crippen molar-refractivity contribution in [3.63, 3.8) is 0 Å². The Morgan fingerprint density at radius 1 is 1.37 bits per heavy atom. The van der Waals surface area contributed by atoms with Crippen molar-refractivity contribution in [1.82, 2.24) is 4.31 Å². The van der Waals surface area contributed by atoms with Gasteiger partial charge in [-0.05, 0) is 25.0 Å². The number of nitrogens with zero attached hydrogens (tertiary/aromatic N) is 3. The van der Waals surface area contributed by atoms with Crippen LogP contribution >= 0.6 is 15.9 Å². The molecule has 0 N–H and O–H groups in total. The molecular weight excluding hydrogens is 350 g/mol. The molecule has 1 aromatic rings. The van der Waals surface area contributed by atoms with E-state index in [-0.39, 0.29) is 9.72 Å². The van der Waals surface area contributed by atoms with Gasteiger partial charge in [0.2, 0.25) is 10.0 Å². The van der Waals surface area contributed by atoms with Crippen molar-refractivity contribution in [1.29, 1.82) is 0 Å². The van der Waals surface area contributed by atoms with Crippen LogP contribution in [0.25, 0.3) is 0 Å². The van der Waals surface area contributed by atoms with Gasteiger partial charge in [0, 0.05) is 17.9 Å². The van der Waals surface area contributed by atoms with Crippen molar-refractivity contribution in [2.45, 2.75) is 22.6 Å². The zero-order chi connectivity index (χ0) is 13.5. The topological polar surface area (TPSA) is 62.1 Å². The van der Waals surface area contributed by atoms with E-state index in [0.717, 1.165) is 24.2 Å². The molecule has 0 radical (unpaired) electrons. The first-order valence-corrected chi connectivity index (χ1v) is 9.03. The lowest BCUT2D eigenvalue weighted by Gasteiger charge is -2.29. The van der Waals surface area contributed by atoms with E-state index in [9.17, 15) is 8.42 Å². The highest BCUT2D eigenvalue weighted by atomic mass is 79.9. The molecule has 3 rings (SSSR count). The Balaban J connectivity index is 2.02. The first-order chi connectivity index (χ1) is 9.09. The third-order valence-corrected chi connectivity index (χ3v) is 6.38. The molecule has 19 heavy (non-hydrogen) atoms. The van der Waals surface area contributed by atoms with Gasteiger partial charge in [0.15, 0.2) is 0 Å². The molecule has 1 saturated heterocycles. The number of rotatable bonds is 2. The number of sulfonamides is 1. The van der Waals surface area contributed by atoms with E-state index in [2.05, 4.69) is 24.7 Å². The van der Waals surface area contributed by atoms with Crippen molar-refractivity contribution in [3.05, 3.63) is 18.2 Å². The third kappa shape index (κ3) is 2.42. The maximum absolute atomic E-state index is 12.7. The summed E-state index contributed by atoms with van der Waals surface area (Å²) in [5.74, 6) is 0. The van der Waals surface area contributed by atoms with E-state index in [1.165, 1.54) is 4.31 Å². The highest BCUT2D eigenvalue weighted by Crippen LogP contribution is 2.39. The lowest BCUT2D eigenvalue weighted by Crippen LogP contribution is -2.40. The van der Waals surface area contributed by atoms with Crippen molar-refractivity contribution in [3.8, 4) is 0 Å². The number of hydrogen-bond acceptors (Lipinski definition) is 4. The Morgan fingerprint density at radius 2 is 2.21 bits per heavy atom. The molecule has 1 atom stereocenters. The third-order valence-electron chi connectivity index (χ3n) is 3.19. The minimum Gasteiger partial charge on any atom is -0.207 e. The van der Waals surface area contributed by atoms with Crippen molar-refractivity contribution in [2.24, 2.45) is 8.73 Å². The van der Waals surface area contributed by atoms with E-state index < -0.39 is 10.0 Å². The predicted molar refractivity (Wildman–Crippen MR) is 78.7 cm³/mol. The molecule has 0 spiro atoms. The van der Waals surface area contributed by atoms with Gasteiger partial charge >= 0.3 is 0 Å². The van der Waals surface area contributed by atoms with Crippen LogP contribution in [0.4, 0.5) is 11.4 Å². The normalized spacial score (nSPS) is 23.1. The number of alkyl halides is 1. The van der Waals surface area contributed by atoms with Gasteiger partial charge in [0.05, 0.1) is 11.4 Å². The lowest BCUT2D eigenvalue weighted by molar-refractivity contribution is 0.356. The molecule has 0 aliphatic carbocycles. The van der Waals surface area contributed by atoms with Gasteiger partial charge in [0.1, 0.15) is 16.3 Å². The second-order valence-electron chi connectivity index (χ2n) is 4.49. The minimum atomic E-state index is -3.48. The zero-order valence-corrected chi connectivity index (χ0v) is 13.2. The first-order valence-electron chi connectivity index (χ1n) is 5.94. The Bertz CT molecular complexity index is 683. The molecule has 1 unspecified atom stereocenters. The van der Waals surface area contributed by atoms with E-state index in [4.69, 9.17) is 0 Å². The Kier molecular flexibility index (Phi) is 3.59. The van der Waals surface area contributed by atoms with Crippen LogP contribution in [0, 0.1) is 0 Å². The number of hydrogen-bond donors (Lipinski definition) is 0. The summed E-state index contributed by atoms with van der Waals surface area (Å²) in [4.78, 5) is 0.490. The summed E-state index contributed by atoms with van der Waals surface area (Å²) in [6, 6.07) is 5.10. The average Bonchev–Trinajstić information content (AvgIpc) is 2.86. The summed E-state index contributed by atoms with van der Waals surface area (Å²) in [6.07, 6.45) is 1.88. The van der Waals surface area contributed by atoms with Crippen LogP contribution in [-0.4, -0.2) is 30.6 Å². The van der Waals surface area contributed by atoms with Crippen molar-refractivity contribution < 1.29 is 8.42 Å². The first kappa shape index (κ1) is 13.4. The molecular formula is C11H12BrN3O2S2. The average molecular weight is 362 g/mol. The van der Waals surface area contributed by atoms with Crippen molar-refractivity contribution in [2.75, 3.05) is 13.1 Å². The Morgan fingerprint density at radius 3 is 3.00 bits per heavy atom. The van der Waals surface area contributed by atoms with Crippen molar-refractivity contribution >= 4 is 48.7 Å². The Hall–Kier alpha value is -0.570. The second-order valence-corrected chi connectivity index (χ2v) is 8.22. The van der Waals surface area contributed by atoms with Crippen LogP contribution < -0.4 is 0 Å². The second kappa shape index (κ2) is 5.08. The Labute approximate surface area is 124 Å². The van der Waals surface area contributed by atoms with E-state index in [0.29, 0.717) is 24.5 Å². The van der Waals surface area contributed by atoms with E-state index >= 15 is 0 Å². The standard InChI is InChI=1S/C11H12BrN3O2S2/c12-8-3-2-6-15(7-8)19(16,17)10-5-1-4-9-11(10)14-18-13-9/h1,4-5,8H,2-3,6-7H2. The van der Waals surface area contributed by atoms with Crippen LogP contribution in [0.15, 0.2) is 31.8 Å².